The summed E-state index contributed by atoms with van der Waals surface area (Å²) >= 11 is 0. The average Bonchev–Trinajstić information content (AvgIpc) is 3.75. The number of esters is 2. The summed E-state index contributed by atoms with van der Waals surface area (Å²) in [6.45, 7) is 1.15. The lowest BCUT2D eigenvalue weighted by Gasteiger charge is -2.30. The number of rotatable bonds is 7. The van der Waals surface area contributed by atoms with Crippen LogP contribution in [0.5, 0.6) is 11.5 Å². The Balaban J connectivity index is 1.53. The van der Waals surface area contributed by atoms with Crippen LogP contribution in [0.2, 0.25) is 0 Å². The molecule has 40 heavy (non-hydrogen) atoms. The molecule has 4 atom stereocenters. The van der Waals surface area contributed by atoms with Gasteiger partial charge in [0.1, 0.15) is 12.2 Å². The number of ether oxygens (including phenoxy) is 4. The maximum Gasteiger partial charge on any atom is 0.416 e. The third kappa shape index (κ3) is 7.00. The highest BCUT2D eigenvalue weighted by atomic mass is 19.4. The molecule has 4 rings (SSSR count). The Labute approximate surface area is 227 Å². The van der Waals surface area contributed by atoms with Crippen LogP contribution in [0.4, 0.5) is 13.2 Å². The van der Waals surface area contributed by atoms with Gasteiger partial charge in [0.25, 0.3) is 5.91 Å². The van der Waals surface area contributed by atoms with E-state index in [-0.39, 0.29) is 37.0 Å². The Hall–Kier alpha value is -3.87. The van der Waals surface area contributed by atoms with Crippen LogP contribution in [-0.2, 0) is 36.4 Å². The number of nitrogens with zero attached hydrogens (tertiary/aromatic N) is 1. The van der Waals surface area contributed by atoms with Crippen molar-refractivity contribution in [2.45, 2.75) is 50.6 Å². The standard InChI is InChI=1S/C27H29F3N2O8/c1-14-23(40-25(35)16-5-6-16)17(11-15-3-7-18(8-4-15)27(28,29)30)12-38-13-19(26(36)39-14)32-24(34)21-22(33)20(37-2)9-10-31-21/h3-4,7-10,14,16-17,19,23,33H,5-6,11-13H2,1-2H3,(H,32,34)/t14-,17-,19-,23-/m0/s1. The second-order valence-corrected chi connectivity index (χ2v) is 9.75. The minimum absolute atomic E-state index is 0.00786. The van der Waals surface area contributed by atoms with Crippen LogP contribution in [0.1, 0.15) is 41.4 Å². The predicted octanol–water partition coefficient (Wildman–Crippen LogP) is 3.06. The molecule has 2 aromatic rings. The summed E-state index contributed by atoms with van der Waals surface area (Å²) < 4.78 is 61.1. The molecule has 1 saturated heterocycles. The quantitative estimate of drug-likeness (QED) is 0.485. The molecule has 13 heteroatoms. The normalized spacial score (nSPS) is 23.7. The summed E-state index contributed by atoms with van der Waals surface area (Å²) in [5, 5.41) is 12.7. The topological polar surface area (TPSA) is 133 Å². The number of methoxy groups -OCH3 is 1. The molecule has 2 aliphatic rings. The van der Waals surface area contributed by atoms with Crippen LogP contribution in [-0.4, -0.2) is 66.5 Å². The van der Waals surface area contributed by atoms with E-state index in [0.29, 0.717) is 18.4 Å². The SMILES string of the molecule is COc1ccnc(C(=O)N[C@H]2COC[C@H](Cc3ccc(C(F)(F)F)cc3)[C@@H](OC(=O)C3CC3)[C@H](C)OC2=O)c1O. The minimum atomic E-state index is -4.48. The molecular formula is C27H29F3N2O8. The number of cyclic esters (lactones) is 1. The largest absolute Gasteiger partial charge is 0.503 e. The van der Waals surface area contributed by atoms with E-state index in [1.807, 2.05) is 0 Å². The second-order valence-electron chi connectivity index (χ2n) is 9.75. The van der Waals surface area contributed by atoms with Crippen molar-refractivity contribution in [2.75, 3.05) is 20.3 Å². The highest BCUT2D eigenvalue weighted by molar-refractivity contribution is 5.98. The van der Waals surface area contributed by atoms with Gasteiger partial charge in [0, 0.05) is 18.2 Å². The van der Waals surface area contributed by atoms with Crippen molar-refractivity contribution in [2.24, 2.45) is 11.8 Å². The molecule has 0 bridgehead atoms. The molecule has 2 N–H and O–H groups in total. The number of benzene rings is 1. The number of nitrogens with one attached hydrogen (secondary N) is 1. The molecule has 0 spiro atoms. The Morgan fingerprint density at radius 3 is 2.48 bits per heavy atom. The summed E-state index contributed by atoms with van der Waals surface area (Å²) in [4.78, 5) is 42.2. The molecule has 1 aromatic carbocycles. The number of aromatic hydroxyl groups is 1. The average molecular weight is 567 g/mol. The molecule has 2 heterocycles. The van der Waals surface area contributed by atoms with Crippen LogP contribution in [0.25, 0.3) is 0 Å². The van der Waals surface area contributed by atoms with Gasteiger partial charge < -0.3 is 29.4 Å². The van der Waals surface area contributed by atoms with Gasteiger partial charge in [-0.15, -0.1) is 0 Å². The fourth-order valence-electron chi connectivity index (χ4n) is 4.36. The molecule has 1 aliphatic carbocycles. The van der Waals surface area contributed by atoms with E-state index in [1.165, 1.54) is 38.4 Å². The van der Waals surface area contributed by atoms with E-state index >= 15 is 0 Å². The number of carbonyl (C=O) groups excluding carboxylic acids is 3. The first-order chi connectivity index (χ1) is 19.0. The summed E-state index contributed by atoms with van der Waals surface area (Å²) in [7, 11) is 1.30. The lowest BCUT2D eigenvalue weighted by atomic mass is 9.91. The van der Waals surface area contributed by atoms with E-state index in [4.69, 9.17) is 18.9 Å². The number of halogens is 3. The lowest BCUT2D eigenvalue weighted by Crippen LogP contribution is -2.46. The van der Waals surface area contributed by atoms with Gasteiger partial charge in [0.15, 0.2) is 23.2 Å². The summed E-state index contributed by atoms with van der Waals surface area (Å²) in [6, 6.07) is 4.66. The van der Waals surface area contributed by atoms with Crippen molar-refractivity contribution in [3.8, 4) is 11.5 Å². The molecular weight excluding hydrogens is 537 g/mol. The number of hydrogen-bond donors (Lipinski definition) is 2. The molecule has 0 radical (unpaired) electrons. The molecule has 216 valence electrons. The second kappa shape index (κ2) is 12.1. The third-order valence-electron chi connectivity index (χ3n) is 6.70. The number of aromatic nitrogens is 1. The van der Waals surface area contributed by atoms with Crippen molar-refractivity contribution in [3.63, 3.8) is 0 Å². The van der Waals surface area contributed by atoms with Gasteiger partial charge >= 0.3 is 18.1 Å². The molecule has 10 nitrogen and oxygen atoms in total. The number of alkyl halides is 3. The molecule has 1 aliphatic heterocycles. The van der Waals surface area contributed by atoms with Crippen molar-refractivity contribution >= 4 is 17.8 Å². The maximum absolute atomic E-state index is 13.0. The van der Waals surface area contributed by atoms with Gasteiger partial charge in [0.2, 0.25) is 0 Å². The van der Waals surface area contributed by atoms with E-state index in [9.17, 15) is 32.7 Å². The van der Waals surface area contributed by atoms with Crippen LogP contribution >= 0.6 is 0 Å². The fraction of sp³-hybridized carbons (Fsp3) is 0.481. The number of pyridine rings is 1. The van der Waals surface area contributed by atoms with E-state index < -0.39 is 59.5 Å². The molecule has 1 aromatic heterocycles. The number of carbonyl (C=O) groups is 3. The van der Waals surface area contributed by atoms with Crippen molar-refractivity contribution < 1.29 is 51.6 Å². The van der Waals surface area contributed by atoms with Gasteiger partial charge in [-0.2, -0.15) is 13.2 Å². The zero-order valence-electron chi connectivity index (χ0n) is 21.8. The first kappa shape index (κ1) is 29.1. The van der Waals surface area contributed by atoms with Gasteiger partial charge in [-0.1, -0.05) is 12.1 Å². The number of hydrogen-bond acceptors (Lipinski definition) is 9. The summed E-state index contributed by atoms with van der Waals surface area (Å²) in [6.07, 6.45) is -3.64. The van der Waals surface area contributed by atoms with Gasteiger partial charge in [-0.05, 0) is 43.9 Å². The Morgan fingerprint density at radius 2 is 1.85 bits per heavy atom. The molecule has 2 fully saturated rings. The Bertz CT molecular complexity index is 1230. The monoisotopic (exact) mass is 566 g/mol. The first-order valence-electron chi connectivity index (χ1n) is 12.7. The highest BCUT2D eigenvalue weighted by Crippen LogP contribution is 2.33. The zero-order chi connectivity index (χ0) is 29.0. The van der Waals surface area contributed by atoms with E-state index in [2.05, 4.69) is 10.3 Å². The molecule has 0 unspecified atom stereocenters. The molecule has 1 saturated carbocycles. The van der Waals surface area contributed by atoms with E-state index in [0.717, 1.165) is 12.1 Å². The smallest absolute Gasteiger partial charge is 0.416 e. The van der Waals surface area contributed by atoms with Crippen molar-refractivity contribution in [1.29, 1.82) is 0 Å². The van der Waals surface area contributed by atoms with Crippen molar-refractivity contribution in [1.82, 2.24) is 10.3 Å². The summed E-state index contributed by atoms with van der Waals surface area (Å²) in [5.74, 6) is -3.55. The predicted molar refractivity (Wildman–Crippen MR) is 131 cm³/mol. The van der Waals surface area contributed by atoms with E-state index in [1.54, 1.807) is 0 Å². The van der Waals surface area contributed by atoms with Crippen LogP contribution in [0.3, 0.4) is 0 Å². The van der Waals surface area contributed by atoms with Crippen LogP contribution in [0, 0.1) is 11.8 Å². The molecule has 1 amide bonds. The van der Waals surface area contributed by atoms with Crippen molar-refractivity contribution in [3.05, 3.63) is 53.3 Å². The third-order valence-corrected chi connectivity index (χ3v) is 6.70. The Kier molecular flexibility index (Phi) is 8.82. The highest BCUT2D eigenvalue weighted by Gasteiger charge is 2.41. The zero-order valence-corrected chi connectivity index (χ0v) is 21.8. The first-order valence-corrected chi connectivity index (χ1v) is 12.7. The van der Waals surface area contributed by atoms with Crippen LogP contribution in [0.15, 0.2) is 36.5 Å². The maximum atomic E-state index is 13.0. The summed E-state index contributed by atoms with van der Waals surface area (Å²) in [5.41, 5.74) is -0.635. The Morgan fingerprint density at radius 1 is 1.15 bits per heavy atom. The van der Waals surface area contributed by atoms with Gasteiger partial charge in [-0.3, -0.25) is 9.59 Å². The van der Waals surface area contributed by atoms with Crippen LogP contribution < -0.4 is 10.1 Å². The minimum Gasteiger partial charge on any atom is -0.503 e. The lowest BCUT2D eigenvalue weighted by molar-refractivity contribution is -0.172. The van der Waals surface area contributed by atoms with Gasteiger partial charge in [-0.25, -0.2) is 9.78 Å². The van der Waals surface area contributed by atoms with Gasteiger partial charge in [0.05, 0.1) is 31.8 Å². The number of amides is 1. The fourth-order valence-corrected chi connectivity index (χ4v) is 4.36.